The Kier molecular flexibility index (Phi) is 5.20. The van der Waals surface area contributed by atoms with Crippen molar-refractivity contribution in [1.82, 2.24) is 15.1 Å². The van der Waals surface area contributed by atoms with Crippen molar-refractivity contribution in [3.8, 4) is 0 Å². The molecule has 2 aromatic rings. The van der Waals surface area contributed by atoms with E-state index in [9.17, 15) is 14.9 Å². The molecule has 130 valence electrons. The van der Waals surface area contributed by atoms with Crippen molar-refractivity contribution >= 4 is 17.7 Å². The minimum Gasteiger partial charge on any atom is -0.376 e. The first-order valence-corrected chi connectivity index (χ1v) is 7.95. The van der Waals surface area contributed by atoms with Crippen LogP contribution in [0.4, 0.5) is 5.69 Å². The predicted molar refractivity (Wildman–Crippen MR) is 90.7 cm³/mol. The number of rotatable bonds is 6. The van der Waals surface area contributed by atoms with Crippen molar-refractivity contribution in [2.24, 2.45) is 0 Å². The number of carbonyl (C=O) groups excluding carboxylic acids is 1. The molecule has 2 heterocycles. The maximum Gasteiger partial charge on any atom is 0.269 e. The van der Waals surface area contributed by atoms with E-state index < -0.39 is 4.92 Å². The predicted octanol–water partition coefficient (Wildman–Crippen LogP) is 1.69. The Morgan fingerprint density at radius 2 is 2.20 bits per heavy atom. The zero-order valence-electron chi connectivity index (χ0n) is 13.6. The van der Waals surface area contributed by atoms with Gasteiger partial charge in [0.1, 0.15) is 0 Å². The first-order chi connectivity index (χ1) is 12.1. The lowest BCUT2D eigenvalue weighted by Crippen LogP contribution is -2.26. The van der Waals surface area contributed by atoms with Gasteiger partial charge in [-0.05, 0) is 23.8 Å². The largest absolute Gasteiger partial charge is 0.376 e. The van der Waals surface area contributed by atoms with Crippen LogP contribution in [0.15, 0.2) is 36.5 Å². The van der Waals surface area contributed by atoms with Crippen molar-refractivity contribution in [2.45, 2.75) is 19.6 Å². The fraction of sp³-hybridized carbons (Fsp3) is 0.294. The number of fused-ring (bicyclic) bond motifs is 1. The summed E-state index contributed by atoms with van der Waals surface area (Å²) in [7, 11) is 0. The summed E-state index contributed by atoms with van der Waals surface area (Å²) in [6, 6.07) is 6.00. The van der Waals surface area contributed by atoms with Gasteiger partial charge in [0.25, 0.3) is 5.69 Å². The molecular formula is C17H18N4O4. The number of aromatic nitrogens is 2. The normalized spacial score (nSPS) is 13.6. The molecule has 25 heavy (non-hydrogen) atoms. The number of hydrogen-bond donors (Lipinski definition) is 1. The van der Waals surface area contributed by atoms with Gasteiger partial charge in [-0.15, -0.1) is 0 Å². The van der Waals surface area contributed by atoms with E-state index in [1.807, 2.05) is 10.9 Å². The van der Waals surface area contributed by atoms with Crippen molar-refractivity contribution in [3.63, 3.8) is 0 Å². The Labute approximate surface area is 144 Å². The van der Waals surface area contributed by atoms with Crippen LogP contribution in [0.5, 0.6) is 0 Å². The number of nitrogens with one attached hydrogen (secondary N) is 1. The van der Waals surface area contributed by atoms with E-state index >= 15 is 0 Å². The summed E-state index contributed by atoms with van der Waals surface area (Å²) in [6.45, 7) is 2.37. The summed E-state index contributed by atoms with van der Waals surface area (Å²) >= 11 is 0. The topological polar surface area (TPSA) is 99.3 Å². The molecule has 0 radical (unpaired) electrons. The van der Waals surface area contributed by atoms with E-state index in [2.05, 4.69) is 10.4 Å². The molecule has 1 aromatic heterocycles. The lowest BCUT2D eigenvalue weighted by atomic mass is 10.2. The highest BCUT2D eigenvalue weighted by molar-refractivity contribution is 5.91. The minimum absolute atomic E-state index is 0.0227. The molecule has 1 aromatic carbocycles. The molecule has 0 aliphatic carbocycles. The van der Waals surface area contributed by atoms with E-state index in [0.29, 0.717) is 26.3 Å². The molecule has 0 saturated carbocycles. The number of non-ortho nitro benzene ring substituents is 1. The van der Waals surface area contributed by atoms with E-state index in [0.717, 1.165) is 17.5 Å². The first kappa shape index (κ1) is 16.8. The number of nitrogens with zero attached hydrogens (tertiary/aromatic N) is 3. The molecule has 1 aliphatic heterocycles. The quantitative estimate of drug-likeness (QED) is 0.489. The summed E-state index contributed by atoms with van der Waals surface area (Å²) < 4.78 is 7.28. The van der Waals surface area contributed by atoms with Gasteiger partial charge >= 0.3 is 0 Å². The summed E-state index contributed by atoms with van der Waals surface area (Å²) in [6.07, 6.45) is 5.67. The highest BCUT2D eigenvalue weighted by Crippen LogP contribution is 2.15. The second-order valence-electron chi connectivity index (χ2n) is 5.62. The number of ether oxygens (including phenoxy) is 1. The summed E-state index contributed by atoms with van der Waals surface area (Å²) in [5.41, 5.74) is 3.02. The van der Waals surface area contributed by atoms with Crippen LogP contribution < -0.4 is 5.32 Å². The van der Waals surface area contributed by atoms with Crippen LogP contribution in [0.2, 0.25) is 0 Å². The Hall–Kier alpha value is -3.00. The van der Waals surface area contributed by atoms with Gasteiger partial charge in [0.05, 0.1) is 30.9 Å². The molecular weight excluding hydrogens is 324 g/mol. The lowest BCUT2D eigenvalue weighted by Gasteiger charge is -2.14. The third kappa shape index (κ3) is 4.30. The number of benzene rings is 1. The van der Waals surface area contributed by atoms with Gasteiger partial charge in [-0.3, -0.25) is 19.6 Å². The van der Waals surface area contributed by atoms with Crippen LogP contribution in [0.1, 0.15) is 16.8 Å². The molecule has 1 N–H and O–H groups in total. The van der Waals surface area contributed by atoms with Crippen molar-refractivity contribution < 1.29 is 14.5 Å². The number of nitro groups is 1. The average molecular weight is 342 g/mol. The second kappa shape index (κ2) is 7.71. The molecule has 0 fully saturated rings. The van der Waals surface area contributed by atoms with Crippen LogP contribution in [0.25, 0.3) is 6.08 Å². The third-order valence-corrected chi connectivity index (χ3v) is 3.93. The fourth-order valence-corrected chi connectivity index (χ4v) is 2.63. The number of hydrogen-bond acceptors (Lipinski definition) is 5. The summed E-state index contributed by atoms with van der Waals surface area (Å²) in [5.74, 6) is -0.220. The van der Waals surface area contributed by atoms with Gasteiger partial charge in [-0.25, -0.2) is 0 Å². The molecule has 0 spiro atoms. The van der Waals surface area contributed by atoms with Gasteiger partial charge in [0, 0.05) is 42.4 Å². The zero-order chi connectivity index (χ0) is 17.6. The second-order valence-corrected chi connectivity index (χ2v) is 5.62. The first-order valence-electron chi connectivity index (χ1n) is 7.95. The molecule has 1 amide bonds. The van der Waals surface area contributed by atoms with Gasteiger partial charge in [-0.1, -0.05) is 0 Å². The van der Waals surface area contributed by atoms with E-state index in [1.165, 1.54) is 23.9 Å². The highest BCUT2D eigenvalue weighted by atomic mass is 16.6. The average Bonchev–Trinajstić information content (AvgIpc) is 3.04. The van der Waals surface area contributed by atoms with Crippen LogP contribution in [0.3, 0.4) is 0 Å². The molecule has 0 atom stereocenters. The maximum atomic E-state index is 11.9. The number of carbonyl (C=O) groups is 1. The molecule has 0 bridgehead atoms. The van der Waals surface area contributed by atoms with Crippen LogP contribution in [0, 0.1) is 10.1 Å². The van der Waals surface area contributed by atoms with Crippen molar-refractivity contribution in [2.75, 3.05) is 13.2 Å². The Morgan fingerprint density at radius 3 is 2.96 bits per heavy atom. The lowest BCUT2D eigenvalue weighted by molar-refractivity contribution is -0.384. The minimum atomic E-state index is -0.458. The molecule has 8 nitrogen and oxygen atoms in total. The Balaban J connectivity index is 1.48. The molecule has 0 unspecified atom stereocenters. The van der Waals surface area contributed by atoms with Crippen molar-refractivity contribution in [1.29, 1.82) is 0 Å². The van der Waals surface area contributed by atoms with Gasteiger partial charge in [-0.2, -0.15) is 5.10 Å². The zero-order valence-corrected chi connectivity index (χ0v) is 13.6. The maximum absolute atomic E-state index is 11.9. The smallest absolute Gasteiger partial charge is 0.269 e. The van der Waals surface area contributed by atoms with Crippen LogP contribution >= 0.6 is 0 Å². The summed E-state index contributed by atoms with van der Waals surface area (Å²) in [4.78, 5) is 22.0. The van der Waals surface area contributed by atoms with E-state index in [4.69, 9.17) is 4.74 Å². The molecule has 3 rings (SSSR count). The molecule has 1 aliphatic rings. The van der Waals surface area contributed by atoms with Gasteiger partial charge in [0.15, 0.2) is 0 Å². The van der Waals surface area contributed by atoms with Crippen LogP contribution in [-0.4, -0.2) is 33.8 Å². The number of nitro benzene ring substituents is 1. The molecule has 8 heteroatoms. The van der Waals surface area contributed by atoms with Crippen LogP contribution in [-0.2, 0) is 29.1 Å². The standard InChI is InChI=1S/C17H18N4O4/c22-17(6-3-13-1-4-15(5-2-13)21(23)24)18-8-9-20-16-7-10-25-12-14(16)11-19-20/h1-6,11H,7-10,12H2,(H,18,22)/b6-3+. The van der Waals surface area contributed by atoms with Gasteiger partial charge < -0.3 is 10.1 Å². The van der Waals surface area contributed by atoms with Crippen molar-refractivity contribution in [3.05, 3.63) is 63.5 Å². The summed E-state index contributed by atoms with van der Waals surface area (Å²) in [5, 5.41) is 17.7. The molecule has 0 saturated heterocycles. The fourth-order valence-electron chi connectivity index (χ4n) is 2.63. The number of amides is 1. The SMILES string of the molecule is O=C(/C=C/c1ccc([N+](=O)[O-])cc1)NCCn1ncc2c1CCOC2. The van der Waals surface area contributed by atoms with Gasteiger partial charge in [0.2, 0.25) is 5.91 Å². The highest BCUT2D eigenvalue weighted by Gasteiger charge is 2.14. The monoisotopic (exact) mass is 342 g/mol. The Bertz CT molecular complexity index is 795. The van der Waals surface area contributed by atoms with E-state index in [1.54, 1.807) is 18.2 Å². The van der Waals surface area contributed by atoms with E-state index in [-0.39, 0.29) is 11.6 Å². The third-order valence-electron chi connectivity index (χ3n) is 3.93. The Morgan fingerprint density at radius 1 is 1.40 bits per heavy atom.